The first kappa shape index (κ1) is 19.2. The van der Waals surface area contributed by atoms with Crippen LogP contribution in [0.5, 0.6) is 0 Å². The maximum Gasteiger partial charge on any atom is 0.139 e. The molecule has 150 valence electrons. The van der Waals surface area contributed by atoms with Crippen molar-refractivity contribution in [2.45, 2.75) is 6.92 Å². The third-order valence-corrected chi connectivity index (χ3v) is 6.60. The average Bonchev–Trinajstić information content (AvgIpc) is 3.22. The van der Waals surface area contributed by atoms with Gasteiger partial charge >= 0.3 is 0 Å². The van der Waals surface area contributed by atoms with Crippen LogP contribution in [0.4, 0.5) is 22.9 Å². The highest BCUT2D eigenvalue weighted by molar-refractivity contribution is 7.12. The Hall–Kier alpha value is -2.80. The van der Waals surface area contributed by atoms with Crippen LogP contribution in [0.2, 0.25) is 10.0 Å². The largest absolute Gasteiger partial charge is 0.383 e. The quantitative estimate of drug-likeness (QED) is 0.372. The number of pyridine rings is 1. The molecule has 5 nitrogen and oxygen atoms in total. The predicted octanol–water partition coefficient (Wildman–Crippen LogP) is 6.47. The molecule has 0 atom stereocenters. The van der Waals surface area contributed by atoms with Crippen LogP contribution in [0.15, 0.2) is 59.0 Å². The molecule has 0 fully saturated rings. The lowest BCUT2D eigenvalue weighted by Gasteiger charge is -2.29. The van der Waals surface area contributed by atoms with E-state index in [1.807, 2.05) is 17.5 Å². The summed E-state index contributed by atoms with van der Waals surface area (Å²) in [6.07, 6.45) is 1.80. The number of halogens is 2. The molecule has 0 amide bonds. The minimum atomic E-state index is 0.476. The Bertz CT molecular complexity index is 1310. The van der Waals surface area contributed by atoms with Crippen molar-refractivity contribution in [2.24, 2.45) is 10.7 Å². The molecule has 8 heteroatoms. The number of rotatable bonds is 3. The zero-order valence-corrected chi connectivity index (χ0v) is 18.3. The van der Waals surface area contributed by atoms with Crippen molar-refractivity contribution in [3.05, 3.63) is 74.5 Å². The molecule has 4 aromatic rings. The Morgan fingerprint density at radius 2 is 1.97 bits per heavy atom. The van der Waals surface area contributed by atoms with Gasteiger partial charge in [0.05, 0.1) is 27.0 Å². The predicted molar refractivity (Wildman–Crippen MR) is 128 cm³/mol. The van der Waals surface area contributed by atoms with Gasteiger partial charge < -0.3 is 16.0 Å². The van der Waals surface area contributed by atoms with Crippen molar-refractivity contribution in [3.8, 4) is 0 Å². The molecule has 0 unspecified atom stereocenters. The van der Waals surface area contributed by atoms with Gasteiger partial charge in [-0.1, -0.05) is 35.3 Å². The topological polar surface area (TPSA) is 66.5 Å². The second-order valence-corrected chi connectivity index (χ2v) is 8.74. The fourth-order valence-corrected chi connectivity index (χ4v) is 4.99. The highest BCUT2D eigenvalue weighted by Crippen LogP contribution is 2.41. The summed E-state index contributed by atoms with van der Waals surface area (Å²) in [6, 6.07) is 13.6. The summed E-state index contributed by atoms with van der Waals surface area (Å²) < 4.78 is 0. The third-order valence-electron chi connectivity index (χ3n) is 5.12. The number of aliphatic imine (C=N–C) groups is 1. The van der Waals surface area contributed by atoms with Crippen LogP contribution in [0, 0.1) is 6.92 Å². The molecular weight excluding hydrogens is 437 g/mol. The van der Waals surface area contributed by atoms with Gasteiger partial charge in [-0.15, -0.1) is 11.3 Å². The Morgan fingerprint density at radius 1 is 1.10 bits per heavy atom. The summed E-state index contributed by atoms with van der Waals surface area (Å²) in [5, 5.41) is 8.58. The molecule has 0 spiro atoms. The fourth-order valence-electron chi connectivity index (χ4n) is 3.72. The van der Waals surface area contributed by atoms with Gasteiger partial charge in [0.1, 0.15) is 18.3 Å². The van der Waals surface area contributed by atoms with Crippen LogP contribution in [-0.4, -0.2) is 17.5 Å². The number of nitrogens with one attached hydrogen (secondary N) is 1. The molecule has 1 aliphatic heterocycles. The van der Waals surface area contributed by atoms with Crippen molar-refractivity contribution >= 4 is 74.0 Å². The highest BCUT2D eigenvalue weighted by atomic mass is 35.5. The number of nitrogens with zero attached hydrogens (tertiary/aromatic N) is 3. The van der Waals surface area contributed by atoms with Gasteiger partial charge in [-0.05, 0) is 48.2 Å². The van der Waals surface area contributed by atoms with E-state index in [0.29, 0.717) is 22.5 Å². The Morgan fingerprint density at radius 3 is 2.80 bits per heavy atom. The SMILES string of the molecule is Cc1ccc2c(Nc3ccc(Cl)cc3Cl)nccc2c1N1CN=C(N)c2sccc21. The summed E-state index contributed by atoms with van der Waals surface area (Å²) in [4.78, 5) is 12.3. The molecule has 0 bridgehead atoms. The third kappa shape index (κ3) is 3.17. The zero-order valence-electron chi connectivity index (χ0n) is 16.0. The second-order valence-electron chi connectivity index (χ2n) is 6.98. The van der Waals surface area contributed by atoms with E-state index in [1.54, 1.807) is 29.7 Å². The summed E-state index contributed by atoms with van der Waals surface area (Å²) in [5.74, 6) is 1.32. The van der Waals surface area contributed by atoms with Gasteiger partial charge in [-0.3, -0.25) is 0 Å². The Labute approximate surface area is 187 Å². The summed E-state index contributed by atoms with van der Waals surface area (Å²) in [5.41, 5.74) is 10.2. The van der Waals surface area contributed by atoms with E-state index in [9.17, 15) is 0 Å². The first-order valence-corrected chi connectivity index (χ1v) is 10.9. The number of hydrogen-bond acceptors (Lipinski definition) is 6. The van der Waals surface area contributed by atoms with Crippen LogP contribution < -0.4 is 16.0 Å². The van der Waals surface area contributed by atoms with Crippen LogP contribution in [-0.2, 0) is 0 Å². The normalized spacial score (nSPS) is 13.3. The molecular formula is C22H17Cl2N5S. The van der Waals surface area contributed by atoms with E-state index >= 15 is 0 Å². The number of aryl methyl sites for hydroxylation is 1. The van der Waals surface area contributed by atoms with Gasteiger partial charge in [0, 0.05) is 22.0 Å². The number of nitrogens with two attached hydrogens (primary N) is 1. The molecule has 0 saturated heterocycles. The molecule has 30 heavy (non-hydrogen) atoms. The number of thiophene rings is 1. The summed E-state index contributed by atoms with van der Waals surface area (Å²) >= 11 is 14.0. The lowest BCUT2D eigenvalue weighted by Crippen LogP contribution is -2.28. The van der Waals surface area contributed by atoms with Crippen molar-refractivity contribution in [1.82, 2.24) is 4.98 Å². The maximum absolute atomic E-state index is 6.36. The molecule has 3 heterocycles. The molecule has 5 rings (SSSR count). The molecule has 2 aromatic carbocycles. The lowest BCUT2D eigenvalue weighted by molar-refractivity contribution is 0.965. The van der Waals surface area contributed by atoms with E-state index in [0.717, 1.165) is 44.1 Å². The standard InChI is InChI=1S/C22H17Cl2N5S/c1-12-2-4-15-14(19(12)29-11-27-21(25)20-18(29)7-9-30-20)6-8-26-22(15)28-17-5-3-13(23)10-16(17)24/h2-10H,11H2,1H3,(H2,25,27)(H,26,28). The smallest absolute Gasteiger partial charge is 0.139 e. The van der Waals surface area contributed by atoms with Crippen molar-refractivity contribution in [2.75, 3.05) is 16.9 Å². The van der Waals surface area contributed by atoms with E-state index in [2.05, 4.69) is 45.3 Å². The first-order chi connectivity index (χ1) is 14.5. The van der Waals surface area contributed by atoms with E-state index < -0.39 is 0 Å². The number of aromatic nitrogens is 1. The van der Waals surface area contributed by atoms with Crippen LogP contribution in [0.1, 0.15) is 10.4 Å². The Balaban J connectivity index is 1.65. The maximum atomic E-state index is 6.36. The van der Waals surface area contributed by atoms with Gasteiger partial charge in [0.25, 0.3) is 0 Å². The molecule has 0 aliphatic carbocycles. The molecule has 2 aromatic heterocycles. The average molecular weight is 454 g/mol. The van der Waals surface area contributed by atoms with E-state index in [-0.39, 0.29) is 0 Å². The molecule has 0 radical (unpaired) electrons. The number of fused-ring (bicyclic) bond motifs is 2. The van der Waals surface area contributed by atoms with Gasteiger partial charge in [0.2, 0.25) is 0 Å². The van der Waals surface area contributed by atoms with Crippen LogP contribution >= 0.6 is 34.5 Å². The van der Waals surface area contributed by atoms with Gasteiger partial charge in [-0.25, -0.2) is 9.98 Å². The summed E-state index contributed by atoms with van der Waals surface area (Å²) in [6.45, 7) is 2.58. The molecule has 3 N–H and O–H groups in total. The van der Waals surface area contributed by atoms with E-state index in [1.165, 1.54) is 0 Å². The van der Waals surface area contributed by atoms with Crippen molar-refractivity contribution in [3.63, 3.8) is 0 Å². The van der Waals surface area contributed by atoms with Gasteiger partial charge in [0.15, 0.2) is 0 Å². The number of benzene rings is 2. The number of anilines is 4. The van der Waals surface area contributed by atoms with Crippen molar-refractivity contribution in [1.29, 1.82) is 0 Å². The number of amidine groups is 1. The van der Waals surface area contributed by atoms with Crippen molar-refractivity contribution < 1.29 is 0 Å². The van der Waals surface area contributed by atoms with E-state index in [4.69, 9.17) is 28.9 Å². The Kier molecular flexibility index (Phi) is 4.77. The first-order valence-electron chi connectivity index (χ1n) is 9.28. The molecule has 1 aliphatic rings. The molecule has 0 saturated carbocycles. The monoisotopic (exact) mass is 453 g/mol. The van der Waals surface area contributed by atoms with Crippen LogP contribution in [0.3, 0.4) is 0 Å². The minimum absolute atomic E-state index is 0.476. The summed E-state index contributed by atoms with van der Waals surface area (Å²) in [7, 11) is 0. The number of hydrogen-bond donors (Lipinski definition) is 2. The fraction of sp³-hybridized carbons (Fsp3) is 0.0909. The van der Waals surface area contributed by atoms with Gasteiger partial charge in [-0.2, -0.15) is 0 Å². The zero-order chi connectivity index (χ0) is 20.8. The lowest BCUT2D eigenvalue weighted by atomic mass is 10.0. The highest BCUT2D eigenvalue weighted by Gasteiger charge is 2.24. The second kappa shape index (κ2) is 7.47. The van der Waals surface area contributed by atoms with Crippen LogP contribution in [0.25, 0.3) is 10.8 Å². The minimum Gasteiger partial charge on any atom is -0.383 e.